The first-order valence-corrected chi connectivity index (χ1v) is 11.3. The Balaban J connectivity index is 1.73. The van der Waals surface area contributed by atoms with Crippen LogP contribution in [0.25, 0.3) is 10.6 Å². The van der Waals surface area contributed by atoms with Crippen molar-refractivity contribution in [2.45, 2.75) is 26.3 Å². The summed E-state index contributed by atoms with van der Waals surface area (Å²) >= 11 is 10.6. The Morgan fingerprint density at radius 2 is 1.90 bits per heavy atom. The molecule has 3 rings (SSSR count). The molecule has 0 fully saturated rings. The number of carbonyl (C=O) groups excluding carboxylic acids is 2. The molecule has 2 unspecified atom stereocenters. The number of anilines is 1. The van der Waals surface area contributed by atoms with Gasteiger partial charge >= 0.3 is 0 Å². The molecule has 6 nitrogen and oxygen atoms in total. The van der Waals surface area contributed by atoms with Crippen LogP contribution in [-0.4, -0.2) is 28.1 Å². The van der Waals surface area contributed by atoms with Crippen molar-refractivity contribution in [3.05, 3.63) is 63.6 Å². The second kappa shape index (κ2) is 10.1. The molecular weight excluding hydrogens is 488 g/mol. The lowest BCUT2D eigenvalue weighted by Gasteiger charge is -2.23. The van der Waals surface area contributed by atoms with Gasteiger partial charge in [-0.2, -0.15) is 0 Å². The van der Waals surface area contributed by atoms with Crippen molar-refractivity contribution in [1.29, 1.82) is 0 Å². The van der Waals surface area contributed by atoms with Crippen molar-refractivity contribution in [1.82, 2.24) is 15.5 Å². The number of halogens is 2. The van der Waals surface area contributed by atoms with E-state index in [1.807, 2.05) is 38.1 Å². The van der Waals surface area contributed by atoms with E-state index in [-0.39, 0.29) is 17.7 Å². The van der Waals surface area contributed by atoms with Crippen molar-refractivity contribution in [2.24, 2.45) is 5.92 Å². The third-order valence-corrected chi connectivity index (χ3v) is 6.27. The maximum absolute atomic E-state index is 12.9. The zero-order valence-electron chi connectivity index (χ0n) is 16.4. The molecule has 3 aromatic rings. The second-order valence-corrected chi connectivity index (χ2v) is 9.09. The molecule has 2 atom stereocenters. The number of rotatable bonds is 7. The van der Waals surface area contributed by atoms with Crippen molar-refractivity contribution in [3.8, 4) is 10.6 Å². The molecule has 0 aliphatic rings. The van der Waals surface area contributed by atoms with Crippen LogP contribution in [0.1, 0.15) is 30.6 Å². The van der Waals surface area contributed by atoms with E-state index in [0.717, 1.165) is 10.0 Å². The maximum Gasteiger partial charge on any atom is 0.251 e. The summed E-state index contributed by atoms with van der Waals surface area (Å²) in [6.45, 7) is 3.88. The number of nitrogens with one attached hydrogen (secondary N) is 2. The highest BCUT2D eigenvalue weighted by atomic mass is 79.9. The quantitative estimate of drug-likeness (QED) is 0.448. The first-order chi connectivity index (χ1) is 14.4. The van der Waals surface area contributed by atoms with E-state index < -0.39 is 6.04 Å². The van der Waals surface area contributed by atoms with Gasteiger partial charge in [0.05, 0.1) is 0 Å². The van der Waals surface area contributed by atoms with E-state index in [4.69, 9.17) is 11.6 Å². The van der Waals surface area contributed by atoms with Gasteiger partial charge in [0, 0.05) is 20.6 Å². The SMILES string of the molecule is CCC(C)C(NC(=O)c1cccc(Cl)c1)C(=O)Nc1nnc(-c2ccc(Br)cc2)s1. The van der Waals surface area contributed by atoms with Crippen LogP contribution in [-0.2, 0) is 4.79 Å². The summed E-state index contributed by atoms with van der Waals surface area (Å²) in [6, 6.07) is 13.6. The van der Waals surface area contributed by atoms with Crippen molar-refractivity contribution < 1.29 is 9.59 Å². The van der Waals surface area contributed by atoms with Crippen LogP contribution < -0.4 is 10.6 Å². The summed E-state index contributed by atoms with van der Waals surface area (Å²) < 4.78 is 0.969. The number of benzene rings is 2. The topological polar surface area (TPSA) is 84.0 Å². The number of nitrogens with zero attached hydrogens (tertiary/aromatic N) is 2. The molecule has 0 saturated heterocycles. The number of aromatic nitrogens is 2. The lowest BCUT2D eigenvalue weighted by Crippen LogP contribution is -2.47. The molecule has 0 aliphatic heterocycles. The van der Waals surface area contributed by atoms with Gasteiger partial charge in [0.25, 0.3) is 5.91 Å². The Labute approximate surface area is 192 Å². The van der Waals surface area contributed by atoms with Gasteiger partial charge in [0.1, 0.15) is 11.0 Å². The number of hydrogen-bond acceptors (Lipinski definition) is 5. The molecule has 0 aliphatic carbocycles. The van der Waals surface area contributed by atoms with Gasteiger partial charge in [-0.3, -0.25) is 14.9 Å². The summed E-state index contributed by atoms with van der Waals surface area (Å²) in [5.41, 5.74) is 1.31. The molecule has 156 valence electrons. The summed E-state index contributed by atoms with van der Waals surface area (Å²) in [7, 11) is 0. The van der Waals surface area contributed by atoms with Crippen LogP contribution in [0.4, 0.5) is 5.13 Å². The highest BCUT2D eigenvalue weighted by Crippen LogP contribution is 2.27. The summed E-state index contributed by atoms with van der Waals surface area (Å²) in [5, 5.41) is 15.3. The van der Waals surface area contributed by atoms with E-state index in [2.05, 4.69) is 36.8 Å². The van der Waals surface area contributed by atoms with Crippen LogP contribution in [0.5, 0.6) is 0 Å². The minimum absolute atomic E-state index is 0.0769. The normalized spacial score (nSPS) is 12.8. The van der Waals surface area contributed by atoms with Gasteiger partial charge in [-0.15, -0.1) is 10.2 Å². The molecule has 0 saturated carbocycles. The fourth-order valence-electron chi connectivity index (χ4n) is 2.72. The van der Waals surface area contributed by atoms with Crippen molar-refractivity contribution in [2.75, 3.05) is 5.32 Å². The monoisotopic (exact) mass is 506 g/mol. The summed E-state index contributed by atoms with van der Waals surface area (Å²) in [4.78, 5) is 25.5. The third-order valence-electron chi connectivity index (χ3n) is 4.62. The second-order valence-electron chi connectivity index (χ2n) is 6.76. The van der Waals surface area contributed by atoms with Gasteiger partial charge in [-0.05, 0) is 36.2 Å². The standard InChI is InChI=1S/C21H20BrClN4O2S/c1-3-12(2)17(24-18(28)14-5-4-6-16(23)11-14)19(29)25-21-27-26-20(30-21)13-7-9-15(22)10-8-13/h4-12,17H,3H2,1-2H3,(H,24,28)(H,25,27,29). The van der Waals surface area contributed by atoms with Crippen LogP contribution in [0.3, 0.4) is 0 Å². The van der Waals surface area contributed by atoms with Gasteiger partial charge < -0.3 is 5.32 Å². The Morgan fingerprint density at radius 3 is 2.57 bits per heavy atom. The summed E-state index contributed by atoms with van der Waals surface area (Å²) in [6.07, 6.45) is 0.716. The predicted octanol–water partition coefficient (Wildman–Crippen LogP) is 5.40. The smallest absolute Gasteiger partial charge is 0.251 e. The van der Waals surface area contributed by atoms with Gasteiger partial charge in [-0.1, -0.05) is 77.3 Å². The fourth-order valence-corrected chi connectivity index (χ4v) is 3.93. The highest BCUT2D eigenvalue weighted by molar-refractivity contribution is 9.10. The Kier molecular flexibility index (Phi) is 7.58. The largest absolute Gasteiger partial charge is 0.340 e. The van der Waals surface area contributed by atoms with E-state index in [1.165, 1.54) is 11.3 Å². The Bertz CT molecular complexity index is 1040. The average Bonchev–Trinajstić information content (AvgIpc) is 3.20. The van der Waals surface area contributed by atoms with Gasteiger partial charge in [0.2, 0.25) is 11.0 Å². The molecule has 9 heteroatoms. The predicted molar refractivity (Wildman–Crippen MR) is 124 cm³/mol. The van der Waals surface area contributed by atoms with Gasteiger partial charge in [-0.25, -0.2) is 0 Å². The first kappa shape index (κ1) is 22.4. The molecule has 1 aromatic heterocycles. The van der Waals surface area contributed by atoms with Crippen LogP contribution in [0.2, 0.25) is 5.02 Å². The molecule has 1 heterocycles. The van der Waals surface area contributed by atoms with E-state index in [9.17, 15) is 9.59 Å². The molecule has 2 aromatic carbocycles. The molecule has 0 radical (unpaired) electrons. The zero-order valence-corrected chi connectivity index (χ0v) is 19.5. The lowest BCUT2D eigenvalue weighted by atomic mass is 9.98. The van der Waals surface area contributed by atoms with Crippen molar-refractivity contribution in [3.63, 3.8) is 0 Å². The minimum atomic E-state index is -0.721. The fraction of sp³-hybridized carbons (Fsp3) is 0.238. The van der Waals surface area contributed by atoms with Crippen LogP contribution in [0, 0.1) is 5.92 Å². The van der Waals surface area contributed by atoms with E-state index in [1.54, 1.807) is 24.3 Å². The molecule has 30 heavy (non-hydrogen) atoms. The van der Waals surface area contributed by atoms with Gasteiger partial charge in [0.15, 0.2) is 0 Å². The first-order valence-electron chi connectivity index (χ1n) is 9.34. The highest BCUT2D eigenvalue weighted by Gasteiger charge is 2.27. The Morgan fingerprint density at radius 1 is 1.17 bits per heavy atom. The molecule has 2 N–H and O–H groups in total. The summed E-state index contributed by atoms with van der Waals surface area (Å²) in [5.74, 6) is -0.768. The molecular formula is C21H20BrClN4O2S. The van der Waals surface area contributed by atoms with E-state index >= 15 is 0 Å². The van der Waals surface area contributed by atoms with Crippen LogP contribution >= 0.6 is 38.9 Å². The van der Waals surface area contributed by atoms with E-state index in [0.29, 0.717) is 27.1 Å². The third kappa shape index (κ3) is 5.65. The lowest BCUT2D eigenvalue weighted by molar-refractivity contribution is -0.119. The zero-order chi connectivity index (χ0) is 21.7. The Hall–Kier alpha value is -2.29. The van der Waals surface area contributed by atoms with Crippen molar-refractivity contribution >= 4 is 55.8 Å². The maximum atomic E-state index is 12.9. The molecule has 0 bridgehead atoms. The van der Waals surface area contributed by atoms with Crippen LogP contribution in [0.15, 0.2) is 53.0 Å². The average molecular weight is 508 g/mol. The number of amides is 2. The molecule has 2 amide bonds. The number of carbonyl (C=O) groups is 2. The number of hydrogen-bond donors (Lipinski definition) is 2. The minimum Gasteiger partial charge on any atom is -0.340 e. The molecule has 0 spiro atoms.